The number of nitrogens with one attached hydrogen (secondary N) is 1. The average Bonchev–Trinajstić information content (AvgIpc) is 2.96. The minimum Gasteiger partial charge on any atom is -0.478 e. The van der Waals surface area contributed by atoms with Crippen molar-refractivity contribution in [3.05, 3.63) is 29.1 Å². The lowest BCUT2D eigenvalue weighted by Crippen LogP contribution is -2.26. The number of carbonyl (C=O) groups excluding carboxylic acids is 1. The smallest absolute Gasteiger partial charge is 0.338 e. The zero-order chi connectivity index (χ0) is 16.3. The molecule has 1 heterocycles. The van der Waals surface area contributed by atoms with E-state index >= 15 is 0 Å². The molecule has 120 valence electrons. The Labute approximate surface area is 132 Å². The van der Waals surface area contributed by atoms with E-state index in [9.17, 15) is 14.0 Å². The van der Waals surface area contributed by atoms with Crippen molar-refractivity contribution in [2.45, 2.75) is 12.8 Å². The molecule has 0 spiro atoms. The van der Waals surface area contributed by atoms with E-state index in [1.54, 1.807) is 19.0 Å². The predicted molar refractivity (Wildman–Crippen MR) is 83.6 cm³/mol. The lowest BCUT2D eigenvalue weighted by molar-refractivity contribution is 0.0691. The van der Waals surface area contributed by atoms with Gasteiger partial charge < -0.3 is 10.0 Å². The molecule has 0 aliphatic carbocycles. The zero-order valence-corrected chi connectivity index (χ0v) is 13.2. The molecule has 0 saturated carbocycles. The number of aromatic carboxylic acids is 1. The maximum absolute atomic E-state index is 13.8. The topological polar surface area (TPSA) is 72.9 Å². The number of rotatable bonds is 5. The van der Waals surface area contributed by atoms with Crippen LogP contribution < -0.4 is 9.62 Å². The maximum Gasteiger partial charge on any atom is 0.338 e. The Bertz CT molecular complexity index is 589. The molecular weight excluding hydrogens is 309 g/mol. The van der Waals surface area contributed by atoms with Gasteiger partial charge in [0.15, 0.2) is 0 Å². The van der Waals surface area contributed by atoms with E-state index in [1.165, 1.54) is 18.2 Å². The largest absolute Gasteiger partial charge is 0.478 e. The van der Waals surface area contributed by atoms with E-state index in [0.29, 0.717) is 5.69 Å². The van der Waals surface area contributed by atoms with Gasteiger partial charge in [-0.25, -0.2) is 13.5 Å². The van der Waals surface area contributed by atoms with Gasteiger partial charge in [-0.1, -0.05) is 0 Å². The number of nitrogens with zero attached hydrogens (tertiary/aromatic N) is 2. The van der Waals surface area contributed by atoms with Gasteiger partial charge in [0.2, 0.25) is 0 Å². The van der Waals surface area contributed by atoms with E-state index in [0.717, 1.165) is 32.0 Å². The van der Waals surface area contributed by atoms with Crippen LogP contribution in [0.5, 0.6) is 0 Å². The fourth-order valence-electron chi connectivity index (χ4n) is 2.22. The number of anilines is 1. The lowest BCUT2D eigenvalue weighted by Gasteiger charge is -2.19. The fourth-order valence-corrected chi connectivity index (χ4v) is 2.98. The average molecular weight is 327 g/mol. The number of hydrogen-bond acceptors (Lipinski definition) is 5. The first-order valence-corrected chi connectivity index (χ1v) is 7.64. The van der Waals surface area contributed by atoms with Gasteiger partial charge in [0.1, 0.15) is 5.82 Å². The highest BCUT2D eigenvalue weighted by Crippen LogP contribution is 2.24. The van der Waals surface area contributed by atoms with E-state index in [4.69, 9.17) is 5.11 Å². The number of carbonyl (C=O) groups is 2. The first kappa shape index (κ1) is 16.6. The summed E-state index contributed by atoms with van der Waals surface area (Å²) in [6, 6.07) is 2.14. The number of carboxylic acids is 1. The van der Waals surface area contributed by atoms with Gasteiger partial charge in [-0.05, 0) is 25.0 Å². The van der Waals surface area contributed by atoms with Crippen LogP contribution in [-0.4, -0.2) is 48.5 Å². The van der Waals surface area contributed by atoms with Gasteiger partial charge in [-0.3, -0.25) is 9.52 Å². The Morgan fingerprint density at radius 1 is 1.27 bits per heavy atom. The van der Waals surface area contributed by atoms with E-state index in [2.05, 4.69) is 4.72 Å². The van der Waals surface area contributed by atoms with Crippen molar-refractivity contribution in [2.75, 3.05) is 32.1 Å². The molecule has 1 amide bonds. The second-order valence-electron chi connectivity index (χ2n) is 5.21. The lowest BCUT2D eigenvalue weighted by atomic mass is 10.1. The highest BCUT2D eigenvalue weighted by atomic mass is 32.2. The number of halogens is 1. The third-order valence-electron chi connectivity index (χ3n) is 3.37. The molecule has 1 fully saturated rings. The number of carboxylic acid groups (broad SMARTS) is 1. The monoisotopic (exact) mass is 327 g/mol. The first-order valence-electron chi connectivity index (χ1n) is 6.86. The Morgan fingerprint density at radius 2 is 1.91 bits per heavy atom. The second kappa shape index (κ2) is 6.97. The fraction of sp³-hybridized carbons (Fsp3) is 0.429. The Hall–Kier alpha value is -1.80. The summed E-state index contributed by atoms with van der Waals surface area (Å²) in [5.41, 5.74) is 0.0185. The molecule has 0 bridgehead atoms. The molecule has 0 atom stereocenters. The molecule has 2 N–H and O–H groups in total. The predicted octanol–water partition coefficient (Wildman–Crippen LogP) is 1.98. The van der Waals surface area contributed by atoms with E-state index in [1.807, 2.05) is 4.31 Å². The van der Waals surface area contributed by atoms with Gasteiger partial charge in [-0.2, -0.15) is 0 Å². The first-order chi connectivity index (χ1) is 10.4. The Kier molecular flexibility index (Phi) is 5.25. The summed E-state index contributed by atoms with van der Waals surface area (Å²) in [7, 11) is 3.34. The van der Waals surface area contributed by atoms with Crippen LogP contribution in [0.15, 0.2) is 12.1 Å². The highest BCUT2D eigenvalue weighted by Gasteiger charge is 2.21. The summed E-state index contributed by atoms with van der Waals surface area (Å²) >= 11 is 1.20. The summed E-state index contributed by atoms with van der Waals surface area (Å²) in [5.74, 6) is -2.73. The summed E-state index contributed by atoms with van der Waals surface area (Å²) in [6.07, 6.45) is 2.18. The normalized spacial score (nSPS) is 14.9. The molecule has 2 rings (SSSR count). The third kappa shape index (κ3) is 3.69. The summed E-state index contributed by atoms with van der Waals surface area (Å²) < 4.78 is 18.5. The van der Waals surface area contributed by atoms with Crippen molar-refractivity contribution in [1.29, 1.82) is 0 Å². The highest BCUT2D eigenvalue weighted by molar-refractivity contribution is 7.95. The van der Waals surface area contributed by atoms with Crippen LogP contribution in [0.25, 0.3) is 0 Å². The van der Waals surface area contributed by atoms with Crippen LogP contribution in [-0.2, 0) is 0 Å². The standard InChI is InChI=1S/C14H18FN3O3S/c1-17(2)12-8-9(14(20)21)11(15)7-10(12)13(19)16-22-18-5-3-4-6-18/h7-8H,3-6H2,1-2H3,(H,16,19)(H,20,21). The van der Waals surface area contributed by atoms with Crippen LogP contribution in [0.1, 0.15) is 33.6 Å². The van der Waals surface area contributed by atoms with Crippen LogP contribution in [0.4, 0.5) is 10.1 Å². The van der Waals surface area contributed by atoms with Crippen molar-refractivity contribution in [1.82, 2.24) is 9.03 Å². The number of hydrogen-bond donors (Lipinski definition) is 2. The van der Waals surface area contributed by atoms with Crippen LogP contribution in [0.3, 0.4) is 0 Å². The van der Waals surface area contributed by atoms with Crippen molar-refractivity contribution >= 4 is 29.7 Å². The molecular formula is C14H18FN3O3S. The van der Waals surface area contributed by atoms with Gasteiger partial charge in [0.25, 0.3) is 5.91 Å². The van der Waals surface area contributed by atoms with Crippen molar-refractivity contribution < 1.29 is 19.1 Å². The molecule has 0 radical (unpaired) electrons. The van der Waals surface area contributed by atoms with Gasteiger partial charge in [0.05, 0.1) is 16.8 Å². The van der Waals surface area contributed by atoms with Crippen molar-refractivity contribution in [2.24, 2.45) is 0 Å². The van der Waals surface area contributed by atoms with Gasteiger partial charge >= 0.3 is 5.97 Å². The van der Waals surface area contributed by atoms with Gasteiger partial charge in [-0.15, -0.1) is 0 Å². The maximum atomic E-state index is 13.8. The minimum atomic E-state index is -1.36. The molecule has 1 saturated heterocycles. The van der Waals surface area contributed by atoms with Crippen LogP contribution >= 0.6 is 12.1 Å². The molecule has 22 heavy (non-hydrogen) atoms. The molecule has 1 aromatic carbocycles. The molecule has 0 unspecified atom stereocenters. The quantitative estimate of drug-likeness (QED) is 0.806. The molecule has 0 aromatic heterocycles. The van der Waals surface area contributed by atoms with Crippen LogP contribution in [0, 0.1) is 5.82 Å². The van der Waals surface area contributed by atoms with Crippen molar-refractivity contribution in [3.63, 3.8) is 0 Å². The molecule has 1 aliphatic heterocycles. The minimum absolute atomic E-state index is 0.110. The molecule has 1 aromatic rings. The zero-order valence-electron chi connectivity index (χ0n) is 12.4. The summed E-state index contributed by atoms with van der Waals surface area (Å²) in [6.45, 7) is 1.80. The Balaban J connectivity index is 2.22. The summed E-state index contributed by atoms with van der Waals surface area (Å²) in [4.78, 5) is 24.9. The molecule has 1 aliphatic rings. The number of benzene rings is 1. The van der Waals surface area contributed by atoms with Crippen molar-refractivity contribution in [3.8, 4) is 0 Å². The van der Waals surface area contributed by atoms with Crippen LogP contribution in [0.2, 0.25) is 0 Å². The Morgan fingerprint density at radius 3 is 2.45 bits per heavy atom. The van der Waals surface area contributed by atoms with Gasteiger partial charge in [0, 0.05) is 39.3 Å². The van der Waals surface area contributed by atoms with E-state index < -0.39 is 23.3 Å². The number of amides is 1. The second-order valence-corrected chi connectivity index (χ2v) is 6.11. The molecule has 8 heteroatoms. The molecule has 6 nitrogen and oxygen atoms in total. The summed E-state index contributed by atoms with van der Waals surface area (Å²) in [5, 5.41) is 8.98. The third-order valence-corrected chi connectivity index (χ3v) is 4.27. The van der Waals surface area contributed by atoms with E-state index in [-0.39, 0.29) is 5.56 Å². The SMILES string of the molecule is CN(C)c1cc(C(=O)O)c(F)cc1C(=O)NSN1CCCC1.